The van der Waals surface area contributed by atoms with Crippen molar-refractivity contribution in [3.63, 3.8) is 0 Å². The molecule has 7 aromatic carbocycles. The Bertz CT molecular complexity index is 3000. The molecule has 0 aliphatic rings. The van der Waals surface area contributed by atoms with Crippen LogP contribution in [0.15, 0.2) is 188 Å². The van der Waals surface area contributed by atoms with Crippen LogP contribution in [0.5, 0.6) is 0 Å². The lowest BCUT2D eigenvalue weighted by Gasteiger charge is -2.24. The van der Waals surface area contributed by atoms with Crippen LogP contribution in [0.4, 0.5) is 0 Å². The van der Waals surface area contributed by atoms with E-state index in [1.165, 1.54) is 16.3 Å². The highest BCUT2D eigenvalue weighted by atomic mass is 15.1. The van der Waals surface area contributed by atoms with Gasteiger partial charge < -0.3 is 0 Å². The minimum atomic E-state index is -0.144. The Hall–Kier alpha value is -7.04. The van der Waals surface area contributed by atoms with E-state index in [4.69, 9.17) is 4.98 Å². The maximum absolute atomic E-state index is 5.67. The lowest BCUT2D eigenvalue weighted by Crippen LogP contribution is -2.30. The molecule has 0 N–H and O–H groups in total. The SMILES string of the molecule is CC(C)(C)c1cc(-c2c(-c3ccccc3)cccc2-c2ccccc2-[n+]2[c-]n(-c3ccccc3)c3ccccc32)nc(-n2c3ccccc3c3ccccc32)c1. The quantitative estimate of drug-likeness (QED) is 0.124. The molecular formula is C52H40N4. The van der Waals surface area contributed by atoms with Gasteiger partial charge in [0.05, 0.1) is 39.1 Å². The molecule has 0 fully saturated rings. The van der Waals surface area contributed by atoms with Gasteiger partial charge in [-0.2, -0.15) is 0 Å². The first-order valence-corrected chi connectivity index (χ1v) is 19.2. The Morgan fingerprint density at radius 2 is 1.09 bits per heavy atom. The van der Waals surface area contributed by atoms with Gasteiger partial charge in [-0.3, -0.25) is 13.7 Å². The Labute approximate surface area is 327 Å². The highest BCUT2D eigenvalue weighted by Crippen LogP contribution is 2.43. The molecule has 0 aliphatic carbocycles. The van der Waals surface area contributed by atoms with Crippen LogP contribution in [-0.2, 0) is 5.41 Å². The first-order chi connectivity index (χ1) is 27.4. The number of para-hydroxylation sites is 6. The number of imidazole rings is 1. The average molecular weight is 721 g/mol. The van der Waals surface area contributed by atoms with E-state index in [1.54, 1.807) is 0 Å². The third-order valence-corrected chi connectivity index (χ3v) is 10.9. The highest BCUT2D eigenvalue weighted by Gasteiger charge is 2.24. The minimum absolute atomic E-state index is 0.144. The summed E-state index contributed by atoms with van der Waals surface area (Å²) >= 11 is 0. The zero-order chi connectivity index (χ0) is 37.8. The molecule has 10 rings (SSSR count). The molecule has 0 atom stereocenters. The third kappa shape index (κ3) is 5.61. The van der Waals surface area contributed by atoms with Crippen molar-refractivity contribution in [3.8, 4) is 50.7 Å². The molecule has 0 amide bonds. The maximum atomic E-state index is 5.67. The standard InChI is InChI=1S/C52H40N4/c1-52(2,3)37-33-44(53-50(34-37)56-46-29-14-11-23-40(46)41-24-12-15-30-47(41)56)51-39(36-19-6-4-7-20-36)26-18-27-43(51)42-25-10-13-28-45(42)55-35-54(38-21-8-5-9-22-38)48-31-16-17-32-49(48)55/h4-34H,1-3H3. The van der Waals surface area contributed by atoms with E-state index in [0.717, 1.165) is 72.8 Å². The first kappa shape index (κ1) is 33.5. The molecule has 0 aliphatic heterocycles. The van der Waals surface area contributed by atoms with Crippen LogP contribution in [0.25, 0.3) is 83.5 Å². The molecule has 268 valence electrons. The van der Waals surface area contributed by atoms with Gasteiger partial charge in [-0.05, 0) is 75.7 Å². The van der Waals surface area contributed by atoms with Crippen molar-refractivity contribution in [3.05, 3.63) is 200 Å². The van der Waals surface area contributed by atoms with Crippen LogP contribution in [0.1, 0.15) is 26.3 Å². The predicted molar refractivity (Wildman–Crippen MR) is 231 cm³/mol. The zero-order valence-electron chi connectivity index (χ0n) is 31.7. The molecule has 0 saturated heterocycles. The molecule has 4 heteroatoms. The van der Waals surface area contributed by atoms with Gasteiger partial charge in [0.2, 0.25) is 0 Å². The number of benzene rings is 7. The van der Waals surface area contributed by atoms with Crippen molar-refractivity contribution in [2.24, 2.45) is 0 Å². The topological polar surface area (TPSA) is 26.6 Å². The molecule has 3 aromatic heterocycles. The van der Waals surface area contributed by atoms with E-state index in [2.05, 4.69) is 229 Å². The normalized spacial score (nSPS) is 11.8. The minimum Gasteiger partial charge on any atom is -0.294 e. The van der Waals surface area contributed by atoms with Crippen molar-refractivity contribution in [2.45, 2.75) is 26.2 Å². The maximum Gasteiger partial charge on any atom is 0.269 e. The van der Waals surface area contributed by atoms with Gasteiger partial charge in [-0.1, -0.05) is 166 Å². The van der Waals surface area contributed by atoms with Crippen molar-refractivity contribution in [2.75, 3.05) is 0 Å². The van der Waals surface area contributed by atoms with Gasteiger partial charge in [0.1, 0.15) is 5.82 Å². The summed E-state index contributed by atoms with van der Waals surface area (Å²) in [6, 6.07) is 67.0. The fourth-order valence-electron chi connectivity index (χ4n) is 8.18. The molecule has 0 radical (unpaired) electrons. The number of hydrogen-bond donors (Lipinski definition) is 0. The van der Waals surface area contributed by atoms with E-state index in [-0.39, 0.29) is 5.41 Å². The molecule has 0 spiro atoms. The predicted octanol–water partition coefficient (Wildman–Crippen LogP) is 12.5. The van der Waals surface area contributed by atoms with Gasteiger partial charge >= 0.3 is 0 Å². The molecule has 4 nitrogen and oxygen atoms in total. The summed E-state index contributed by atoms with van der Waals surface area (Å²) in [6.45, 7) is 6.86. The fourth-order valence-corrected chi connectivity index (χ4v) is 8.18. The lowest BCUT2D eigenvalue weighted by atomic mass is 9.84. The molecule has 56 heavy (non-hydrogen) atoms. The zero-order valence-corrected chi connectivity index (χ0v) is 31.7. The van der Waals surface area contributed by atoms with Crippen LogP contribution in [0, 0.1) is 6.33 Å². The Kier molecular flexibility index (Phi) is 8.00. The fraction of sp³-hybridized carbons (Fsp3) is 0.0769. The monoisotopic (exact) mass is 720 g/mol. The molecule has 3 heterocycles. The smallest absolute Gasteiger partial charge is 0.269 e. The van der Waals surface area contributed by atoms with Gasteiger partial charge in [0.25, 0.3) is 6.33 Å². The third-order valence-electron chi connectivity index (χ3n) is 10.9. The van der Waals surface area contributed by atoms with Crippen molar-refractivity contribution < 1.29 is 4.57 Å². The van der Waals surface area contributed by atoms with Crippen LogP contribution >= 0.6 is 0 Å². The molecule has 0 unspecified atom stereocenters. The Balaban J connectivity index is 1.28. The molecule has 0 saturated carbocycles. The van der Waals surface area contributed by atoms with E-state index in [1.807, 2.05) is 0 Å². The van der Waals surface area contributed by atoms with E-state index in [9.17, 15) is 0 Å². The largest absolute Gasteiger partial charge is 0.294 e. The Morgan fingerprint density at radius 3 is 1.80 bits per heavy atom. The first-order valence-electron chi connectivity index (χ1n) is 19.2. The second kappa shape index (κ2) is 13.4. The summed E-state index contributed by atoms with van der Waals surface area (Å²) in [5.41, 5.74) is 14.1. The second-order valence-electron chi connectivity index (χ2n) is 15.4. The number of rotatable bonds is 6. The number of hydrogen-bond acceptors (Lipinski definition) is 1. The van der Waals surface area contributed by atoms with Gasteiger partial charge in [-0.15, -0.1) is 0 Å². The van der Waals surface area contributed by atoms with Crippen LogP contribution in [0.2, 0.25) is 0 Å². The van der Waals surface area contributed by atoms with Crippen molar-refractivity contribution >= 4 is 32.8 Å². The molecule has 0 bridgehead atoms. The van der Waals surface area contributed by atoms with Crippen LogP contribution in [0.3, 0.4) is 0 Å². The summed E-state index contributed by atoms with van der Waals surface area (Å²) in [4.78, 5) is 5.67. The lowest BCUT2D eigenvalue weighted by molar-refractivity contribution is -0.571. The summed E-state index contributed by atoms with van der Waals surface area (Å²) < 4.78 is 6.70. The summed E-state index contributed by atoms with van der Waals surface area (Å²) in [7, 11) is 0. The summed E-state index contributed by atoms with van der Waals surface area (Å²) in [5.74, 6) is 0.903. The number of fused-ring (bicyclic) bond motifs is 4. The Morgan fingerprint density at radius 1 is 0.518 bits per heavy atom. The van der Waals surface area contributed by atoms with E-state index >= 15 is 0 Å². The van der Waals surface area contributed by atoms with Crippen molar-refractivity contribution in [1.29, 1.82) is 0 Å². The van der Waals surface area contributed by atoms with E-state index in [0.29, 0.717) is 0 Å². The van der Waals surface area contributed by atoms with Crippen LogP contribution < -0.4 is 4.57 Å². The second-order valence-corrected chi connectivity index (χ2v) is 15.4. The summed E-state index contributed by atoms with van der Waals surface area (Å²) in [5, 5.41) is 2.43. The average Bonchev–Trinajstić information content (AvgIpc) is 3.80. The van der Waals surface area contributed by atoms with E-state index < -0.39 is 0 Å². The van der Waals surface area contributed by atoms with Gasteiger partial charge in [-0.25, -0.2) is 4.98 Å². The van der Waals surface area contributed by atoms with Crippen molar-refractivity contribution in [1.82, 2.24) is 14.1 Å². The van der Waals surface area contributed by atoms with Gasteiger partial charge in [0.15, 0.2) is 0 Å². The molecule has 10 aromatic rings. The highest BCUT2D eigenvalue weighted by molar-refractivity contribution is 6.09. The van der Waals surface area contributed by atoms with Crippen LogP contribution in [-0.4, -0.2) is 14.1 Å². The molecular weight excluding hydrogens is 681 g/mol. The summed E-state index contributed by atoms with van der Waals surface area (Å²) in [6.07, 6.45) is 3.74. The number of pyridine rings is 1. The number of aromatic nitrogens is 4. The van der Waals surface area contributed by atoms with Gasteiger partial charge in [0, 0.05) is 16.3 Å². The number of nitrogens with zero attached hydrogens (tertiary/aromatic N) is 4.